The van der Waals surface area contributed by atoms with Crippen LogP contribution in [0.25, 0.3) is 0 Å². The van der Waals surface area contributed by atoms with Gasteiger partial charge in [0.15, 0.2) is 0 Å². The number of ether oxygens (including phenoxy) is 1. The molecule has 2 aliphatic heterocycles. The summed E-state index contributed by atoms with van der Waals surface area (Å²) in [5.41, 5.74) is 1.23. The second-order valence-corrected chi connectivity index (χ2v) is 7.76. The van der Waals surface area contributed by atoms with Crippen molar-refractivity contribution in [2.75, 3.05) is 39.4 Å². The van der Waals surface area contributed by atoms with E-state index in [1.807, 2.05) is 4.90 Å². The first-order valence-corrected chi connectivity index (χ1v) is 9.41. The molecule has 1 N–H and O–H groups in total. The number of nitrogens with one attached hydrogen (secondary N) is 1. The molecule has 0 aliphatic carbocycles. The molecule has 1 atom stereocenters. The first-order valence-electron chi connectivity index (χ1n) is 8.47. The Morgan fingerprint density at radius 2 is 2.17 bits per heavy atom. The van der Waals surface area contributed by atoms with E-state index in [2.05, 4.69) is 40.9 Å². The zero-order chi connectivity index (χ0) is 16.3. The number of rotatable bonds is 4. The van der Waals surface area contributed by atoms with Crippen molar-refractivity contribution in [2.45, 2.75) is 38.3 Å². The topological polar surface area (TPSA) is 44.8 Å². The first kappa shape index (κ1) is 16.7. The van der Waals surface area contributed by atoms with E-state index in [-0.39, 0.29) is 17.6 Å². The fourth-order valence-corrected chi connectivity index (χ4v) is 4.20. The Kier molecular flexibility index (Phi) is 5.24. The molecule has 0 saturated carbocycles. The molecular weight excluding hydrogens is 310 g/mol. The number of amides is 2. The molecule has 6 heteroatoms. The van der Waals surface area contributed by atoms with E-state index in [1.54, 1.807) is 11.3 Å². The van der Waals surface area contributed by atoms with Crippen molar-refractivity contribution in [3.63, 3.8) is 0 Å². The highest BCUT2D eigenvalue weighted by Crippen LogP contribution is 2.33. The molecule has 2 saturated heterocycles. The molecule has 2 fully saturated rings. The number of nitrogens with zero attached hydrogens (tertiary/aromatic N) is 2. The van der Waals surface area contributed by atoms with E-state index in [4.69, 9.17) is 4.74 Å². The van der Waals surface area contributed by atoms with Crippen molar-refractivity contribution in [3.05, 3.63) is 22.4 Å². The van der Waals surface area contributed by atoms with Crippen LogP contribution in [0.3, 0.4) is 0 Å². The Morgan fingerprint density at radius 3 is 2.87 bits per heavy atom. The van der Waals surface area contributed by atoms with Crippen LogP contribution >= 0.6 is 11.3 Å². The molecule has 0 spiro atoms. The molecule has 23 heavy (non-hydrogen) atoms. The van der Waals surface area contributed by atoms with E-state index in [1.165, 1.54) is 5.56 Å². The molecule has 0 radical (unpaired) electrons. The normalized spacial score (nSPS) is 23.2. The molecule has 2 aliphatic rings. The van der Waals surface area contributed by atoms with Gasteiger partial charge in [0.05, 0.1) is 19.3 Å². The number of morpholine rings is 1. The third-order valence-electron chi connectivity index (χ3n) is 4.98. The Balaban J connectivity index is 1.56. The first-order chi connectivity index (χ1) is 11.1. The van der Waals surface area contributed by atoms with Gasteiger partial charge in [-0.25, -0.2) is 4.79 Å². The summed E-state index contributed by atoms with van der Waals surface area (Å²) in [6.45, 7) is 9.34. The van der Waals surface area contributed by atoms with Crippen molar-refractivity contribution in [1.29, 1.82) is 0 Å². The number of urea groups is 1. The van der Waals surface area contributed by atoms with Gasteiger partial charge < -0.3 is 15.0 Å². The van der Waals surface area contributed by atoms with Gasteiger partial charge >= 0.3 is 6.03 Å². The van der Waals surface area contributed by atoms with Crippen LogP contribution in [0.15, 0.2) is 16.8 Å². The minimum Gasteiger partial charge on any atom is -0.379 e. The standard InChI is InChI=1S/C17H27N3O2S/c1-17(2,19-7-9-22-10-8-19)13-18-16(21)20-6-3-4-15(20)14-5-11-23-12-14/h5,11-12,15H,3-4,6-10,13H2,1-2H3,(H,18,21). The van der Waals surface area contributed by atoms with Gasteiger partial charge in [0.2, 0.25) is 0 Å². The third-order valence-corrected chi connectivity index (χ3v) is 5.68. The largest absolute Gasteiger partial charge is 0.379 e. The maximum atomic E-state index is 12.7. The van der Waals surface area contributed by atoms with Crippen molar-refractivity contribution in [2.24, 2.45) is 0 Å². The summed E-state index contributed by atoms with van der Waals surface area (Å²) in [5, 5.41) is 7.41. The second kappa shape index (κ2) is 7.20. The third kappa shape index (κ3) is 3.87. The monoisotopic (exact) mass is 337 g/mol. The molecule has 128 valence electrons. The summed E-state index contributed by atoms with van der Waals surface area (Å²) in [5.74, 6) is 0. The molecule has 3 rings (SSSR count). The summed E-state index contributed by atoms with van der Waals surface area (Å²) in [6.07, 6.45) is 2.15. The lowest BCUT2D eigenvalue weighted by molar-refractivity contribution is -0.00907. The SMILES string of the molecule is CC(C)(CNC(=O)N1CCCC1c1ccsc1)N1CCOCC1. The lowest BCUT2D eigenvalue weighted by Crippen LogP contribution is -2.56. The van der Waals surface area contributed by atoms with Gasteiger partial charge in [-0.1, -0.05) is 0 Å². The van der Waals surface area contributed by atoms with E-state index >= 15 is 0 Å². The van der Waals surface area contributed by atoms with Crippen molar-refractivity contribution in [3.8, 4) is 0 Å². The summed E-state index contributed by atoms with van der Waals surface area (Å²) in [6, 6.07) is 2.45. The molecule has 0 aromatic carbocycles. The van der Waals surface area contributed by atoms with Crippen LogP contribution in [-0.4, -0.2) is 60.8 Å². The van der Waals surface area contributed by atoms with Crippen molar-refractivity contribution >= 4 is 17.4 Å². The molecule has 1 aromatic rings. The van der Waals surface area contributed by atoms with Gasteiger partial charge in [-0.15, -0.1) is 0 Å². The van der Waals surface area contributed by atoms with Crippen LogP contribution in [0.4, 0.5) is 4.79 Å². The summed E-state index contributed by atoms with van der Waals surface area (Å²) >= 11 is 1.70. The molecule has 1 unspecified atom stereocenters. The van der Waals surface area contributed by atoms with Crippen LogP contribution in [-0.2, 0) is 4.74 Å². The van der Waals surface area contributed by atoms with Crippen LogP contribution in [0.5, 0.6) is 0 Å². The quantitative estimate of drug-likeness (QED) is 0.919. The number of hydrogen-bond donors (Lipinski definition) is 1. The molecular formula is C17H27N3O2S. The zero-order valence-electron chi connectivity index (χ0n) is 14.1. The second-order valence-electron chi connectivity index (χ2n) is 6.98. The number of hydrogen-bond acceptors (Lipinski definition) is 4. The van der Waals surface area contributed by atoms with Crippen molar-refractivity contribution in [1.82, 2.24) is 15.1 Å². The fraction of sp³-hybridized carbons (Fsp3) is 0.706. The molecule has 1 aromatic heterocycles. The number of likely N-dealkylation sites (tertiary alicyclic amines) is 1. The minimum absolute atomic E-state index is 0.0446. The Morgan fingerprint density at radius 1 is 1.39 bits per heavy atom. The van der Waals surface area contributed by atoms with Crippen LogP contribution in [0.2, 0.25) is 0 Å². The molecule has 5 nitrogen and oxygen atoms in total. The predicted molar refractivity (Wildman–Crippen MR) is 92.9 cm³/mol. The van der Waals surface area contributed by atoms with Gasteiger partial charge in [-0.3, -0.25) is 4.90 Å². The van der Waals surface area contributed by atoms with Crippen molar-refractivity contribution < 1.29 is 9.53 Å². The zero-order valence-corrected chi connectivity index (χ0v) is 14.9. The summed E-state index contributed by atoms with van der Waals surface area (Å²) < 4.78 is 5.42. The van der Waals surface area contributed by atoms with Gasteiger partial charge in [0.1, 0.15) is 0 Å². The van der Waals surface area contributed by atoms with E-state index in [0.29, 0.717) is 6.54 Å². The minimum atomic E-state index is -0.0446. The maximum absolute atomic E-state index is 12.7. The Labute approximate surface area is 142 Å². The van der Waals surface area contributed by atoms with Gasteiger partial charge in [0, 0.05) is 31.7 Å². The predicted octanol–water partition coefficient (Wildman–Crippen LogP) is 2.71. The lowest BCUT2D eigenvalue weighted by Gasteiger charge is -2.41. The molecule has 0 bridgehead atoms. The average molecular weight is 337 g/mol. The van der Waals surface area contributed by atoms with Gasteiger partial charge in [0.25, 0.3) is 0 Å². The van der Waals surface area contributed by atoms with E-state index in [9.17, 15) is 4.79 Å². The Bertz CT molecular complexity index is 512. The molecule has 3 heterocycles. The lowest BCUT2D eigenvalue weighted by atomic mass is 10.0. The number of carbonyl (C=O) groups excluding carboxylic acids is 1. The fourth-order valence-electron chi connectivity index (χ4n) is 3.49. The van der Waals surface area contributed by atoms with Crippen LogP contribution < -0.4 is 5.32 Å². The van der Waals surface area contributed by atoms with E-state index < -0.39 is 0 Å². The van der Waals surface area contributed by atoms with E-state index in [0.717, 1.165) is 45.7 Å². The number of carbonyl (C=O) groups is 1. The highest BCUT2D eigenvalue weighted by molar-refractivity contribution is 7.07. The van der Waals surface area contributed by atoms with Crippen LogP contribution in [0, 0.1) is 0 Å². The Hall–Kier alpha value is -1.11. The smallest absolute Gasteiger partial charge is 0.317 e. The summed E-state index contributed by atoms with van der Waals surface area (Å²) in [7, 11) is 0. The number of thiophene rings is 1. The maximum Gasteiger partial charge on any atom is 0.317 e. The molecule has 2 amide bonds. The van der Waals surface area contributed by atoms with Gasteiger partial charge in [-0.2, -0.15) is 11.3 Å². The highest BCUT2D eigenvalue weighted by atomic mass is 32.1. The summed E-state index contributed by atoms with van der Waals surface area (Å²) in [4.78, 5) is 17.1. The average Bonchev–Trinajstić information content (AvgIpc) is 3.24. The van der Waals surface area contributed by atoms with Gasteiger partial charge in [-0.05, 0) is 49.1 Å². The van der Waals surface area contributed by atoms with Crippen LogP contribution in [0.1, 0.15) is 38.3 Å². The highest BCUT2D eigenvalue weighted by Gasteiger charge is 2.33.